The number of hydrazine groups is 1. The second kappa shape index (κ2) is 9.80. The van der Waals surface area contributed by atoms with Crippen LogP contribution in [0.2, 0.25) is 10.0 Å². The molecular weight excluding hydrogens is 393 g/mol. The summed E-state index contributed by atoms with van der Waals surface area (Å²) in [4.78, 5) is 35.9. The number of amides is 3. The lowest BCUT2D eigenvalue weighted by Gasteiger charge is -2.11. The second-order valence-corrected chi connectivity index (χ2v) is 6.23. The highest BCUT2D eigenvalue weighted by Gasteiger charge is 2.14. The normalized spacial score (nSPS) is 10.0. The Kier molecular flexibility index (Phi) is 7.45. The fourth-order valence-electron chi connectivity index (χ4n) is 2.11. The third-order valence-corrected chi connectivity index (χ3v) is 3.95. The Hall–Kier alpha value is -2.77. The van der Waals surface area contributed by atoms with Crippen LogP contribution in [-0.4, -0.2) is 31.4 Å². The first-order valence-corrected chi connectivity index (χ1v) is 8.63. The van der Waals surface area contributed by atoms with Crippen molar-refractivity contribution in [3.8, 4) is 5.75 Å². The molecule has 0 saturated carbocycles. The Bertz CT molecular complexity index is 841. The number of ether oxygens (including phenoxy) is 1. The van der Waals surface area contributed by atoms with Crippen molar-refractivity contribution in [1.29, 1.82) is 0 Å². The third-order valence-electron chi connectivity index (χ3n) is 3.47. The maximum atomic E-state index is 12.1. The summed E-state index contributed by atoms with van der Waals surface area (Å²) in [5, 5.41) is 3.49. The lowest BCUT2D eigenvalue weighted by Crippen LogP contribution is -2.42. The Morgan fingerprint density at radius 3 is 2.26 bits per heavy atom. The summed E-state index contributed by atoms with van der Waals surface area (Å²) < 4.78 is 5.08. The van der Waals surface area contributed by atoms with Crippen molar-refractivity contribution >= 4 is 40.9 Å². The summed E-state index contributed by atoms with van der Waals surface area (Å²) in [5.41, 5.74) is 5.15. The first-order valence-electron chi connectivity index (χ1n) is 7.87. The van der Waals surface area contributed by atoms with Gasteiger partial charge in [-0.25, -0.2) is 0 Å². The zero-order chi connectivity index (χ0) is 19.8. The van der Waals surface area contributed by atoms with Gasteiger partial charge in [0.15, 0.2) is 0 Å². The third kappa shape index (κ3) is 6.16. The second-order valence-electron chi connectivity index (χ2n) is 5.36. The van der Waals surface area contributed by atoms with Crippen LogP contribution < -0.4 is 20.9 Å². The number of nitrogens with one attached hydrogen (secondary N) is 3. The van der Waals surface area contributed by atoms with Crippen molar-refractivity contribution in [3.05, 3.63) is 63.6 Å². The molecule has 0 aliphatic carbocycles. The number of carbonyl (C=O) groups excluding carboxylic acids is 3. The van der Waals surface area contributed by atoms with Crippen molar-refractivity contribution in [1.82, 2.24) is 16.2 Å². The number of hydrogen-bond donors (Lipinski definition) is 3. The fourth-order valence-corrected chi connectivity index (χ4v) is 2.40. The number of methoxy groups -OCH3 is 1. The predicted octanol–water partition coefficient (Wildman–Crippen LogP) is 2.58. The summed E-state index contributed by atoms with van der Waals surface area (Å²) >= 11 is 11.6. The van der Waals surface area contributed by atoms with Crippen LogP contribution >= 0.6 is 23.2 Å². The Morgan fingerprint density at radius 2 is 1.59 bits per heavy atom. The van der Waals surface area contributed by atoms with E-state index >= 15 is 0 Å². The summed E-state index contributed by atoms with van der Waals surface area (Å²) in [5.74, 6) is -1.05. The van der Waals surface area contributed by atoms with E-state index in [4.69, 9.17) is 27.9 Å². The number of benzene rings is 2. The Balaban J connectivity index is 1.77. The number of rotatable bonds is 6. The van der Waals surface area contributed by atoms with Gasteiger partial charge in [-0.1, -0.05) is 23.2 Å². The molecule has 0 aromatic heterocycles. The van der Waals surface area contributed by atoms with Crippen LogP contribution in [0.25, 0.3) is 0 Å². The largest absolute Gasteiger partial charge is 0.496 e. The van der Waals surface area contributed by atoms with Crippen LogP contribution in [0.5, 0.6) is 5.75 Å². The summed E-state index contributed by atoms with van der Waals surface area (Å²) in [6, 6.07) is 10.9. The van der Waals surface area contributed by atoms with E-state index in [1.54, 1.807) is 36.4 Å². The molecule has 0 unspecified atom stereocenters. The van der Waals surface area contributed by atoms with E-state index < -0.39 is 11.8 Å². The molecule has 2 aromatic rings. The maximum absolute atomic E-state index is 12.1. The lowest BCUT2D eigenvalue weighted by molar-refractivity contribution is -0.121. The predicted molar refractivity (Wildman–Crippen MR) is 102 cm³/mol. The van der Waals surface area contributed by atoms with Crippen molar-refractivity contribution in [2.75, 3.05) is 13.7 Å². The minimum absolute atomic E-state index is 0.0215. The van der Waals surface area contributed by atoms with E-state index in [-0.39, 0.29) is 24.4 Å². The maximum Gasteiger partial charge on any atom is 0.273 e. The van der Waals surface area contributed by atoms with E-state index in [1.807, 2.05) is 0 Å². The molecule has 0 aliphatic heterocycles. The molecule has 7 nitrogen and oxygen atoms in total. The Labute approximate surface area is 166 Å². The Morgan fingerprint density at radius 1 is 0.926 bits per heavy atom. The van der Waals surface area contributed by atoms with Crippen molar-refractivity contribution < 1.29 is 19.1 Å². The van der Waals surface area contributed by atoms with Gasteiger partial charge in [0.05, 0.1) is 12.7 Å². The van der Waals surface area contributed by atoms with E-state index in [0.29, 0.717) is 21.4 Å². The minimum atomic E-state index is -0.576. The van der Waals surface area contributed by atoms with Gasteiger partial charge in [-0.15, -0.1) is 0 Å². The van der Waals surface area contributed by atoms with Gasteiger partial charge in [0.2, 0.25) is 5.91 Å². The lowest BCUT2D eigenvalue weighted by atomic mass is 10.2. The highest BCUT2D eigenvalue weighted by molar-refractivity contribution is 6.31. The SMILES string of the molecule is COc1ccc(Cl)cc1C(=O)NNC(=O)CCNC(=O)c1ccc(Cl)cc1. The number of halogens is 2. The summed E-state index contributed by atoms with van der Waals surface area (Å²) in [7, 11) is 1.42. The molecule has 9 heteroatoms. The molecule has 2 aromatic carbocycles. The van der Waals surface area contributed by atoms with Crippen LogP contribution in [-0.2, 0) is 4.79 Å². The van der Waals surface area contributed by atoms with Gasteiger partial charge >= 0.3 is 0 Å². The minimum Gasteiger partial charge on any atom is -0.496 e. The zero-order valence-electron chi connectivity index (χ0n) is 14.3. The standard InChI is InChI=1S/C18H17Cl2N3O4/c1-27-15-7-6-13(20)10-14(15)18(26)23-22-16(24)8-9-21-17(25)11-2-4-12(19)5-3-11/h2-7,10H,8-9H2,1H3,(H,21,25)(H,22,24)(H,23,26). The van der Waals surface area contributed by atoms with Crippen molar-refractivity contribution in [3.63, 3.8) is 0 Å². The summed E-state index contributed by atoms with van der Waals surface area (Å²) in [6.45, 7) is 0.101. The molecular formula is C18H17Cl2N3O4. The highest BCUT2D eigenvalue weighted by atomic mass is 35.5. The molecule has 0 atom stereocenters. The molecule has 0 heterocycles. The van der Waals surface area contributed by atoms with Gasteiger partial charge < -0.3 is 10.1 Å². The molecule has 0 aliphatic rings. The molecule has 3 N–H and O–H groups in total. The highest BCUT2D eigenvalue weighted by Crippen LogP contribution is 2.22. The smallest absolute Gasteiger partial charge is 0.273 e. The topological polar surface area (TPSA) is 96.5 Å². The molecule has 27 heavy (non-hydrogen) atoms. The van der Waals surface area contributed by atoms with Crippen LogP contribution in [0.1, 0.15) is 27.1 Å². The van der Waals surface area contributed by atoms with Crippen LogP contribution in [0.4, 0.5) is 0 Å². The average molecular weight is 410 g/mol. The zero-order valence-corrected chi connectivity index (χ0v) is 15.9. The van der Waals surface area contributed by atoms with Gasteiger partial charge in [0.1, 0.15) is 5.75 Å². The van der Waals surface area contributed by atoms with Gasteiger partial charge in [-0.3, -0.25) is 25.2 Å². The molecule has 2 rings (SSSR count). The fraction of sp³-hybridized carbons (Fsp3) is 0.167. The van der Waals surface area contributed by atoms with Gasteiger partial charge in [-0.05, 0) is 42.5 Å². The first-order chi connectivity index (χ1) is 12.9. The molecule has 0 radical (unpaired) electrons. The van der Waals surface area contributed by atoms with Crippen molar-refractivity contribution in [2.24, 2.45) is 0 Å². The molecule has 3 amide bonds. The first kappa shape index (κ1) is 20.5. The molecule has 0 bridgehead atoms. The number of hydrogen-bond acceptors (Lipinski definition) is 4. The van der Waals surface area contributed by atoms with Gasteiger partial charge in [0.25, 0.3) is 11.8 Å². The molecule has 0 saturated heterocycles. The summed E-state index contributed by atoms with van der Waals surface area (Å²) in [6.07, 6.45) is -0.0215. The van der Waals surface area contributed by atoms with Gasteiger partial charge in [0, 0.05) is 28.6 Å². The van der Waals surface area contributed by atoms with E-state index in [1.165, 1.54) is 13.2 Å². The van der Waals surface area contributed by atoms with Crippen molar-refractivity contribution in [2.45, 2.75) is 6.42 Å². The van der Waals surface area contributed by atoms with E-state index in [9.17, 15) is 14.4 Å². The number of carbonyl (C=O) groups is 3. The molecule has 0 spiro atoms. The average Bonchev–Trinajstić information content (AvgIpc) is 2.66. The monoisotopic (exact) mass is 409 g/mol. The van der Waals surface area contributed by atoms with Crippen LogP contribution in [0, 0.1) is 0 Å². The van der Waals surface area contributed by atoms with Crippen LogP contribution in [0.3, 0.4) is 0 Å². The molecule has 142 valence electrons. The van der Waals surface area contributed by atoms with Crippen LogP contribution in [0.15, 0.2) is 42.5 Å². The van der Waals surface area contributed by atoms with E-state index in [2.05, 4.69) is 16.2 Å². The van der Waals surface area contributed by atoms with Gasteiger partial charge in [-0.2, -0.15) is 0 Å². The van der Waals surface area contributed by atoms with E-state index in [0.717, 1.165) is 0 Å². The quantitative estimate of drug-likeness (QED) is 0.638. The molecule has 0 fully saturated rings.